The predicted octanol–water partition coefficient (Wildman–Crippen LogP) is 3.51. The van der Waals surface area contributed by atoms with Gasteiger partial charge in [-0.2, -0.15) is 13.9 Å². The van der Waals surface area contributed by atoms with E-state index < -0.39 is 12.5 Å². The quantitative estimate of drug-likeness (QED) is 0.648. The summed E-state index contributed by atoms with van der Waals surface area (Å²) in [5.41, 5.74) is 3.63. The molecule has 1 N–H and O–H groups in total. The summed E-state index contributed by atoms with van der Waals surface area (Å²) < 4.78 is 42.0. The van der Waals surface area contributed by atoms with Gasteiger partial charge in [0, 0.05) is 5.56 Å². The Morgan fingerprint density at radius 3 is 2.50 bits per heavy atom. The third-order valence-corrected chi connectivity index (χ3v) is 3.12. The van der Waals surface area contributed by atoms with Gasteiger partial charge in [0.05, 0.1) is 12.1 Å². The lowest BCUT2D eigenvalue weighted by molar-refractivity contribution is -0.120. The van der Waals surface area contributed by atoms with Crippen LogP contribution in [0.15, 0.2) is 53.6 Å². The van der Waals surface area contributed by atoms with Gasteiger partial charge in [-0.15, -0.1) is 0 Å². The molecule has 0 fully saturated rings. The first-order valence-corrected chi connectivity index (χ1v) is 7.07. The Morgan fingerprint density at radius 1 is 1.17 bits per heavy atom. The molecule has 24 heavy (non-hydrogen) atoms. The van der Waals surface area contributed by atoms with E-state index in [0.717, 1.165) is 0 Å². The Kier molecular flexibility index (Phi) is 5.95. The maximum atomic E-state index is 12.8. The number of nitrogens with zero attached hydrogens (tertiary/aromatic N) is 1. The van der Waals surface area contributed by atoms with E-state index in [0.29, 0.717) is 16.8 Å². The molecule has 0 atom stereocenters. The number of amides is 1. The Balaban J connectivity index is 2.03. The molecule has 0 saturated carbocycles. The van der Waals surface area contributed by atoms with Crippen molar-refractivity contribution < 1.29 is 22.7 Å². The lowest BCUT2D eigenvalue weighted by Crippen LogP contribution is -2.21. The molecule has 2 rings (SSSR count). The normalized spacial score (nSPS) is 11.5. The van der Waals surface area contributed by atoms with Gasteiger partial charge in [-0.05, 0) is 36.8 Å². The van der Waals surface area contributed by atoms with Crippen LogP contribution in [0.2, 0.25) is 0 Å². The maximum absolute atomic E-state index is 12.8. The fraction of sp³-hybridized carbons (Fsp3) is 0.176. The largest absolute Gasteiger partial charge is 0.434 e. The smallest absolute Gasteiger partial charge is 0.387 e. The van der Waals surface area contributed by atoms with Crippen molar-refractivity contribution >= 4 is 11.6 Å². The summed E-state index contributed by atoms with van der Waals surface area (Å²) in [7, 11) is 0. The van der Waals surface area contributed by atoms with E-state index >= 15 is 0 Å². The Hall–Kier alpha value is -2.83. The van der Waals surface area contributed by atoms with E-state index in [2.05, 4.69) is 15.3 Å². The van der Waals surface area contributed by atoms with Gasteiger partial charge in [0.1, 0.15) is 11.6 Å². The maximum Gasteiger partial charge on any atom is 0.387 e. The number of hydrogen-bond donors (Lipinski definition) is 1. The number of nitrogens with one attached hydrogen (secondary N) is 1. The second-order valence-electron chi connectivity index (χ2n) is 4.91. The molecule has 2 aromatic carbocycles. The summed E-state index contributed by atoms with van der Waals surface area (Å²) in [6.45, 7) is -1.39. The molecule has 0 aliphatic rings. The van der Waals surface area contributed by atoms with E-state index in [-0.39, 0.29) is 18.0 Å². The number of hydrogen-bond acceptors (Lipinski definition) is 3. The van der Waals surface area contributed by atoms with Crippen LogP contribution in [0.1, 0.15) is 18.1 Å². The van der Waals surface area contributed by atoms with Crippen LogP contribution in [0.25, 0.3) is 0 Å². The number of ether oxygens (including phenoxy) is 1. The van der Waals surface area contributed by atoms with Crippen LogP contribution >= 0.6 is 0 Å². The molecule has 0 radical (unpaired) electrons. The van der Waals surface area contributed by atoms with Crippen LogP contribution in [-0.2, 0) is 11.2 Å². The van der Waals surface area contributed by atoms with Gasteiger partial charge < -0.3 is 4.74 Å². The van der Waals surface area contributed by atoms with Crippen molar-refractivity contribution in [1.29, 1.82) is 0 Å². The Morgan fingerprint density at radius 2 is 1.83 bits per heavy atom. The van der Waals surface area contributed by atoms with Gasteiger partial charge >= 0.3 is 6.61 Å². The highest BCUT2D eigenvalue weighted by molar-refractivity contribution is 6.01. The van der Waals surface area contributed by atoms with Gasteiger partial charge in [0.15, 0.2) is 0 Å². The monoisotopic (exact) mass is 336 g/mol. The van der Waals surface area contributed by atoms with Crippen LogP contribution in [0.4, 0.5) is 13.2 Å². The minimum atomic E-state index is -2.95. The second kappa shape index (κ2) is 8.14. The average molecular weight is 336 g/mol. The average Bonchev–Trinajstić information content (AvgIpc) is 2.55. The first-order valence-electron chi connectivity index (χ1n) is 7.07. The molecular formula is C17H15F3N2O2. The standard InChI is InChI=1S/C17H15F3N2O2/c1-11(14-4-2-3-5-15(14)24-17(19)20)21-22-16(23)10-12-6-8-13(18)9-7-12/h2-9,17H,10H2,1H3,(H,22,23)/b21-11-. The van der Waals surface area contributed by atoms with Crippen molar-refractivity contribution in [3.63, 3.8) is 0 Å². The number of rotatable bonds is 6. The molecule has 7 heteroatoms. The summed E-state index contributed by atoms with van der Waals surface area (Å²) in [5, 5.41) is 3.89. The van der Waals surface area contributed by atoms with E-state index in [4.69, 9.17) is 0 Å². The van der Waals surface area contributed by atoms with Crippen molar-refractivity contribution in [3.05, 3.63) is 65.5 Å². The number of benzene rings is 2. The SMILES string of the molecule is C/C(=N/NC(=O)Cc1ccc(F)cc1)c1ccccc1OC(F)F. The van der Waals surface area contributed by atoms with Crippen LogP contribution < -0.4 is 10.2 Å². The summed E-state index contributed by atoms with van der Waals surface area (Å²) in [6.07, 6.45) is 0.0201. The fourth-order valence-corrected chi connectivity index (χ4v) is 2.00. The van der Waals surface area contributed by atoms with Gasteiger partial charge in [-0.1, -0.05) is 24.3 Å². The highest BCUT2D eigenvalue weighted by atomic mass is 19.3. The molecule has 0 heterocycles. The highest BCUT2D eigenvalue weighted by Gasteiger charge is 2.11. The number of carbonyl (C=O) groups excluding carboxylic acids is 1. The van der Waals surface area contributed by atoms with E-state index in [9.17, 15) is 18.0 Å². The molecule has 0 unspecified atom stereocenters. The molecule has 0 aliphatic heterocycles. The van der Waals surface area contributed by atoms with Crippen LogP contribution in [-0.4, -0.2) is 18.2 Å². The van der Waals surface area contributed by atoms with Crippen LogP contribution in [0, 0.1) is 5.82 Å². The fourth-order valence-electron chi connectivity index (χ4n) is 2.00. The Bertz CT molecular complexity index is 731. The van der Waals surface area contributed by atoms with Gasteiger partial charge in [-0.25, -0.2) is 9.82 Å². The third-order valence-electron chi connectivity index (χ3n) is 3.12. The lowest BCUT2D eigenvalue weighted by atomic mass is 10.1. The zero-order valence-corrected chi connectivity index (χ0v) is 12.8. The topological polar surface area (TPSA) is 50.7 Å². The van der Waals surface area contributed by atoms with Crippen molar-refractivity contribution in [2.24, 2.45) is 5.10 Å². The van der Waals surface area contributed by atoms with Crippen LogP contribution in [0.5, 0.6) is 5.75 Å². The number of para-hydroxylation sites is 1. The van der Waals surface area contributed by atoms with E-state index in [1.165, 1.54) is 30.3 Å². The molecule has 0 aliphatic carbocycles. The molecule has 0 saturated heterocycles. The number of alkyl halides is 2. The highest BCUT2D eigenvalue weighted by Crippen LogP contribution is 2.20. The summed E-state index contributed by atoms with van der Waals surface area (Å²) >= 11 is 0. The molecule has 2 aromatic rings. The zero-order chi connectivity index (χ0) is 17.5. The van der Waals surface area contributed by atoms with Crippen LogP contribution in [0.3, 0.4) is 0 Å². The van der Waals surface area contributed by atoms with Crippen molar-refractivity contribution in [2.75, 3.05) is 0 Å². The first kappa shape index (κ1) is 17.5. The van der Waals surface area contributed by atoms with Gasteiger partial charge in [0.2, 0.25) is 5.91 Å². The molecule has 0 spiro atoms. The third kappa shape index (κ3) is 5.12. The van der Waals surface area contributed by atoms with Crippen molar-refractivity contribution in [3.8, 4) is 5.75 Å². The summed E-state index contributed by atoms with van der Waals surface area (Å²) in [4.78, 5) is 11.8. The van der Waals surface area contributed by atoms with E-state index in [1.807, 2.05) is 0 Å². The van der Waals surface area contributed by atoms with E-state index in [1.54, 1.807) is 25.1 Å². The molecule has 0 aromatic heterocycles. The van der Waals surface area contributed by atoms with Gasteiger partial charge in [0.25, 0.3) is 0 Å². The molecule has 4 nitrogen and oxygen atoms in total. The van der Waals surface area contributed by atoms with Crippen molar-refractivity contribution in [1.82, 2.24) is 5.43 Å². The molecular weight excluding hydrogens is 321 g/mol. The first-order chi connectivity index (χ1) is 11.5. The number of halogens is 3. The number of hydrazone groups is 1. The van der Waals surface area contributed by atoms with Crippen molar-refractivity contribution in [2.45, 2.75) is 20.0 Å². The second-order valence-corrected chi connectivity index (χ2v) is 4.91. The minimum absolute atomic E-state index is 0.0201. The molecule has 126 valence electrons. The van der Waals surface area contributed by atoms with Gasteiger partial charge in [-0.3, -0.25) is 4.79 Å². The number of carbonyl (C=O) groups is 1. The minimum Gasteiger partial charge on any atom is -0.434 e. The predicted molar refractivity (Wildman–Crippen MR) is 83.5 cm³/mol. The summed E-state index contributed by atoms with van der Waals surface area (Å²) in [5.74, 6) is -0.821. The zero-order valence-electron chi connectivity index (χ0n) is 12.8. The molecule has 0 bridgehead atoms. The Labute approximate surface area is 137 Å². The lowest BCUT2D eigenvalue weighted by Gasteiger charge is -2.10. The molecule has 1 amide bonds. The summed E-state index contributed by atoms with van der Waals surface area (Å²) in [6, 6.07) is 11.7.